The van der Waals surface area contributed by atoms with Crippen molar-refractivity contribution in [1.82, 2.24) is 34.4 Å². The maximum Gasteiger partial charge on any atom is 0.317 e. The van der Waals surface area contributed by atoms with Crippen LogP contribution in [0.5, 0.6) is 0 Å². The number of benzene rings is 1. The molecule has 4 aromatic rings. The lowest BCUT2D eigenvalue weighted by atomic mass is 9.74. The van der Waals surface area contributed by atoms with Gasteiger partial charge in [-0.1, -0.05) is 38.1 Å². The van der Waals surface area contributed by atoms with E-state index in [1.165, 1.54) is 14.0 Å². The molecule has 1 aromatic carbocycles. The number of likely N-dealkylation sites (N-methyl/N-ethyl adjacent to an activating group) is 1. The number of aliphatic imine (C=N–C) groups is 1. The fraction of sp³-hybridized carbons (Fsp3) is 0.604. The third-order valence-electron chi connectivity index (χ3n) is 14.7. The molecule has 2 fully saturated rings. The van der Waals surface area contributed by atoms with Crippen LogP contribution in [0, 0.1) is 23.7 Å². The summed E-state index contributed by atoms with van der Waals surface area (Å²) in [5.74, 6) is -5.58. The number of cyclic esters (lactones) is 1. The molecule has 0 spiro atoms. The number of ketones is 2. The molecule has 2 aliphatic heterocycles. The second-order valence-corrected chi connectivity index (χ2v) is 22.8. The van der Waals surface area contributed by atoms with Crippen LogP contribution in [0.4, 0.5) is 0 Å². The number of carbonyl (C=O) groups excluding carboxylic acids is 4. The number of methoxy groups -OCH3 is 1. The molecule has 6 rings (SSSR count). The van der Waals surface area contributed by atoms with Gasteiger partial charge >= 0.3 is 5.97 Å². The van der Waals surface area contributed by atoms with Gasteiger partial charge in [0.1, 0.15) is 30.1 Å². The van der Waals surface area contributed by atoms with Crippen LogP contribution < -0.4 is 0 Å². The zero-order valence-corrected chi connectivity index (χ0v) is 47.1. The summed E-state index contributed by atoms with van der Waals surface area (Å²) in [7, 11) is 3.39. The number of imidazole rings is 1. The number of ether oxygens (including phenoxy) is 5. The summed E-state index contributed by atoms with van der Waals surface area (Å²) >= 11 is 0.826. The standard InChI is InChI=1S/C53H73IN8O11S/c1-33-27-52(6,69-9)48(72-50-46(66)43(26-34(2)71-50)60(8)24-20-40-29-62(59-58-40)25-19-38-15-17-41(18-16-38)74(10)68)36(4)45(65)37(5)49(67)73-51(54)53(7,70-32-63)47(35(3)44(33)64)56-22-11-12-23-61-30-42(57-31-61)39-14-13-21-55-28-39/h13-18,21-22,28-37,43,46-48,50-51,66H,11-12,19-20,23-27H2,1-10H3/b56-22-/t33-,34-,35+,36+,37-,43+,46-,47-,48-,50+,51+,52-,53+,74?/m1/s1. The number of halogens is 1. The van der Waals surface area contributed by atoms with Crippen molar-refractivity contribution in [3.8, 4) is 11.3 Å². The van der Waals surface area contributed by atoms with Crippen LogP contribution in [-0.4, -0.2) is 153 Å². The average Bonchev–Trinajstić information content (AvgIpc) is 4.07. The van der Waals surface area contributed by atoms with Crippen molar-refractivity contribution < 1.29 is 52.5 Å². The number of hydrogen-bond acceptors (Lipinski definition) is 17. The fourth-order valence-corrected chi connectivity index (χ4v) is 11.4. The number of Topliss-reactive ketones (excluding diaryl/α,β-unsaturated/α-hetero) is 2. The van der Waals surface area contributed by atoms with E-state index >= 15 is 0 Å². The van der Waals surface area contributed by atoms with Gasteiger partial charge in [-0.25, -0.2) is 4.98 Å². The Morgan fingerprint density at radius 2 is 1.78 bits per heavy atom. The smallest absolute Gasteiger partial charge is 0.317 e. The number of aliphatic hydroxyl groups excluding tert-OH is 1. The Bertz CT molecular complexity index is 2500. The minimum atomic E-state index is -1.64. The van der Waals surface area contributed by atoms with E-state index in [0.29, 0.717) is 45.3 Å². The first-order valence-corrected chi connectivity index (χ1v) is 28.0. The average molecular weight is 1160 g/mol. The number of aliphatic hydroxyl groups is 1. The van der Waals surface area contributed by atoms with E-state index in [9.17, 15) is 28.8 Å². The van der Waals surface area contributed by atoms with Gasteiger partial charge in [-0.15, -0.1) is 5.10 Å². The number of aryl methyl sites for hydroxylation is 3. The summed E-state index contributed by atoms with van der Waals surface area (Å²) in [6.07, 6.45) is 11.5. The van der Waals surface area contributed by atoms with E-state index in [1.54, 1.807) is 70.5 Å². The molecule has 0 radical (unpaired) electrons. The van der Waals surface area contributed by atoms with Gasteiger partial charge in [-0.05, 0) is 137 Å². The number of hydrogen-bond donors (Lipinski definition) is 1. The van der Waals surface area contributed by atoms with E-state index in [1.807, 2.05) is 94.8 Å². The normalized spacial score (nSPS) is 31.1. The minimum Gasteiger partial charge on any atom is -0.612 e. The molecule has 1 N–H and O–H groups in total. The molecule has 0 bridgehead atoms. The van der Waals surface area contributed by atoms with E-state index in [2.05, 4.69) is 20.3 Å². The lowest BCUT2D eigenvalue weighted by Crippen LogP contribution is -2.60. The second kappa shape index (κ2) is 26.5. The van der Waals surface area contributed by atoms with Crippen LogP contribution in [0.25, 0.3) is 11.3 Å². The molecule has 2 aliphatic rings. The molecule has 404 valence electrons. The number of esters is 1. The third-order valence-corrected chi connectivity index (χ3v) is 17.1. The minimum absolute atomic E-state index is 0.0602. The summed E-state index contributed by atoms with van der Waals surface area (Å²) in [5, 5.41) is 20.8. The Morgan fingerprint density at radius 3 is 2.46 bits per heavy atom. The van der Waals surface area contributed by atoms with Gasteiger partial charge in [-0.3, -0.25) is 33.8 Å². The molecule has 3 aromatic heterocycles. The summed E-state index contributed by atoms with van der Waals surface area (Å²) in [6.45, 7) is 13.8. The zero-order valence-electron chi connectivity index (χ0n) is 44.1. The van der Waals surface area contributed by atoms with Crippen molar-refractivity contribution in [3.63, 3.8) is 0 Å². The lowest BCUT2D eigenvalue weighted by Gasteiger charge is -2.47. The van der Waals surface area contributed by atoms with E-state index in [0.717, 1.165) is 33.8 Å². The first kappa shape index (κ1) is 58.8. The van der Waals surface area contributed by atoms with Gasteiger partial charge in [0.25, 0.3) is 6.47 Å². The number of nitrogens with zero attached hydrogens (tertiary/aromatic N) is 8. The van der Waals surface area contributed by atoms with Crippen LogP contribution in [-0.2, 0) is 80.0 Å². The molecular formula is C53H73IN8O11S. The molecule has 5 heterocycles. The SMILES string of the molecule is CO[C@]1(C)C[C@@H](C)C(=O)[C@H](C)[C@@H](/N=C\CCCn2cnc(-c3cccnc3)c2)[C@](C)(OC=O)[C@@H](I)OC(=O)[C@H](C)C(=O)[C@H](C)[C@H]1O[C@@H]1O[C@H](C)C[C@H](N(C)CCc2cn(CCc3ccc([S+](C)[O-])cc3)nn2)[C@H]1O. The van der Waals surface area contributed by atoms with Crippen molar-refractivity contribution in [1.29, 1.82) is 0 Å². The molecule has 19 nitrogen and oxygen atoms in total. The molecule has 0 amide bonds. The Balaban J connectivity index is 1.17. The maximum atomic E-state index is 14.8. The van der Waals surface area contributed by atoms with Gasteiger partial charge in [0.2, 0.25) is 0 Å². The Morgan fingerprint density at radius 1 is 1.04 bits per heavy atom. The quantitative estimate of drug-likeness (QED) is 0.0169. The maximum absolute atomic E-state index is 14.8. The molecule has 21 heteroatoms. The van der Waals surface area contributed by atoms with Crippen LogP contribution in [0.15, 0.2) is 77.4 Å². The number of rotatable bonds is 19. The van der Waals surface area contributed by atoms with Crippen molar-refractivity contribution in [3.05, 3.63) is 78.8 Å². The topological polar surface area (TPSA) is 235 Å². The van der Waals surface area contributed by atoms with Gasteiger partial charge in [0.05, 0.1) is 35.5 Å². The van der Waals surface area contributed by atoms with Crippen molar-refractivity contribution in [2.75, 3.05) is 27.0 Å². The Kier molecular flexibility index (Phi) is 21.1. The Labute approximate surface area is 451 Å². The largest absolute Gasteiger partial charge is 0.612 e. The van der Waals surface area contributed by atoms with E-state index < -0.39 is 92.5 Å². The number of alkyl halides is 1. The van der Waals surface area contributed by atoms with Crippen molar-refractivity contribution in [2.24, 2.45) is 28.7 Å². The van der Waals surface area contributed by atoms with Crippen molar-refractivity contribution >= 4 is 64.0 Å². The molecule has 2 saturated heterocycles. The van der Waals surface area contributed by atoms with Crippen LogP contribution in [0.1, 0.15) is 85.4 Å². The van der Waals surface area contributed by atoms with Gasteiger partial charge in [0.15, 0.2) is 26.7 Å². The number of unbranched alkanes of at least 4 members (excludes halogenated alkanes) is 1. The van der Waals surface area contributed by atoms with Gasteiger partial charge in [-0.2, -0.15) is 0 Å². The van der Waals surface area contributed by atoms with Crippen LogP contribution >= 0.6 is 22.6 Å². The molecule has 1 unspecified atom stereocenters. The molecule has 0 saturated carbocycles. The van der Waals surface area contributed by atoms with Gasteiger partial charge in [0, 0.05) is 87.3 Å². The first-order valence-electron chi connectivity index (χ1n) is 25.2. The summed E-state index contributed by atoms with van der Waals surface area (Å²) in [5.41, 5.74) is 0.595. The molecule has 14 atom stereocenters. The summed E-state index contributed by atoms with van der Waals surface area (Å²) in [4.78, 5) is 72.0. The number of aromatic nitrogens is 6. The van der Waals surface area contributed by atoms with E-state index in [4.69, 9.17) is 28.7 Å². The summed E-state index contributed by atoms with van der Waals surface area (Å²) in [6, 6.07) is 10.0. The lowest BCUT2D eigenvalue weighted by molar-refractivity contribution is -0.296. The highest BCUT2D eigenvalue weighted by Gasteiger charge is 2.53. The Hall–Kier alpha value is -4.49. The van der Waals surface area contributed by atoms with Crippen molar-refractivity contribution in [2.45, 2.75) is 157 Å². The second-order valence-electron chi connectivity index (χ2n) is 20.3. The molecular weight excluding hydrogens is 1080 g/mol. The highest BCUT2D eigenvalue weighted by atomic mass is 127. The van der Waals surface area contributed by atoms with Crippen LogP contribution in [0.3, 0.4) is 0 Å². The number of carbonyl (C=O) groups is 4. The highest BCUT2D eigenvalue weighted by Crippen LogP contribution is 2.40. The number of pyridine rings is 1. The third kappa shape index (κ3) is 14.5. The highest BCUT2D eigenvalue weighted by molar-refractivity contribution is 14.1. The van der Waals surface area contributed by atoms with E-state index in [-0.39, 0.29) is 24.8 Å². The fourth-order valence-electron chi connectivity index (χ4n) is 10.1. The van der Waals surface area contributed by atoms with Gasteiger partial charge < -0.3 is 42.8 Å². The molecule has 0 aliphatic carbocycles. The predicted octanol–water partition coefficient (Wildman–Crippen LogP) is 5.89. The first-order chi connectivity index (χ1) is 35.2. The monoisotopic (exact) mass is 1160 g/mol. The molecule has 74 heavy (non-hydrogen) atoms. The van der Waals surface area contributed by atoms with Crippen LogP contribution in [0.2, 0.25) is 0 Å². The summed E-state index contributed by atoms with van der Waals surface area (Å²) < 4.78 is 45.5. The predicted molar refractivity (Wildman–Crippen MR) is 286 cm³/mol. The zero-order chi connectivity index (χ0) is 53.9.